The third-order valence-corrected chi connectivity index (χ3v) is 7.39. The largest absolute Gasteiger partial charge is 0.475 e. The molecule has 31 heavy (non-hydrogen) atoms. The number of phosphoric acid groups is 1. The summed E-state index contributed by atoms with van der Waals surface area (Å²) in [4.78, 5) is 16.0. The fraction of sp³-hybridized carbons (Fsp3) is 0.667. The molecule has 2 aliphatic heterocycles. The Hall–Kier alpha value is -2.11. The number of carbonyl (C=O) groups excluding carboxylic acids is 1. The van der Waals surface area contributed by atoms with Crippen LogP contribution in [0.3, 0.4) is 0 Å². The molecule has 2 N–H and O–H groups in total. The van der Waals surface area contributed by atoms with Gasteiger partial charge >= 0.3 is 13.8 Å². The van der Waals surface area contributed by atoms with Crippen molar-refractivity contribution in [1.82, 2.24) is 19.7 Å². The molecule has 168 valence electrons. The van der Waals surface area contributed by atoms with Crippen molar-refractivity contribution in [2.24, 2.45) is 11.8 Å². The number of nitrogens with two attached hydrogens (primary N) is 1. The van der Waals surface area contributed by atoms with E-state index in [0.29, 0.717) is 18.5 Å². The first-order valence-electron chi connectivity index (χ1n) is 10.2. The van der Waals surface area contributed by atoms with E-state index in [2.05, 4.69) is 15.2 Å². The number of hydrogen-bond donors (Lipinski definition) is 1. The van der Waals surface area contributed by atoms with Crippen molar-refractivity contribution >= 4 is 30.6 Å². The number of fused-ring (bicyclic) bond motifs is 4. The van der Waals surface area contributed by atoms with Crippen molar-refractivity contribution in [3.05, 3.63) is 12.5 Å². The van der Waals surface area contributed by atoms with Gasteiger partial charge in [-0.1, -0.05) is 6.92 Å². The second kappa shape index (κ2) is 7.79. The summed E-state index contributed by atoms with van der Waals surface area (Å²) in [7, 11) is -3.75. The van der Waals surface area contributed by atoms with Crippen molar-refractivity contribution in [3.8, 4) is 0 Å². The van der Waals surface area contributed by atoms with Gasteiger partial charge in [0.1, 0.15) is 17.7 Å². The molecule has 2 saturated heterocycles. The maximum absolute atomic E-state index is 13.0. The average Bonchev–Trinajstić information content (AvgIpc) is 3.08. The van der Waals surface area contributed by atoms with Crippen LogP contribution in [-0.4, -0.2) is 63.9 Å². The Bertz CT molecular complexity index is 1050. The Morgan fingerprint density at radius 2 is 2.29 bits per heavy atom. The van der Waals surface area contributed by atoms with Gasteiger partial charge in [0, 0.05) is 5.92 Å². The summed E-state index contributed by atoms with van der Waals surface area (Å²) in [5.74, 6) is -0.448. The molecule has 7 atom stereocenters. The highest BCUT2D eigenvalue weighted by atomic mass is 31.2. The monoisotopic (exact) mass is 453 g/mol. The fourth-order valence-electron chi connectivity index (χ4n) is 4.27. The minimum Gasteiger partial charge on any atom is -0.466 e. The van der Waals surface area contributed by atoms with Crippen LogP contribution in [0.2, 0.25) is 0 Å². The first-order chi connectivity index (χ1) is 14.9. The Morgan fingerprint density at radius 3 is 3.10 bits per heavy atom. The number of ether oxygens (including phenoxy) is 2. The zero-order chi connectivity index (χ0) is 21.8. The molecule has 4 unspecified atom stereocenters. The van der Waals surface area contributed by atoms with Gasteiger partial charge in [0.2, 0.25) is 0 Å². The number of hydrogen-bond acceptors (Lipinski definition) is 11. The minimum absolute atomic E-state index is 0.0175. The normalized spacial score (nSPS) is 34.8. The molecule has 12 nitrogen and oxygen atoms in total. The van der Waals surface area contributed by atoms with Gasteiger partial charge in [-0.2, -0.15) is 5.10 Å². The first kappa shape index (κ1) is 20.8. The van der Waals surface area contributed by atoms with Gasteiger partial charge < -0.3 is 19.8 Å². The molecule has 3 fully saturated rings. The third kappa shape index (κ3) is 3.62. The van der Waals surface area contributed by atoms with Gasteiger partial charge in [-0.05, 0) is 13.3 Å². The molecule has 0 radical (unpaired) electrons. The van der Waals surface area contributed by atoms with E-state index in [-0.39, 0.29) is 55.1 Å². The van der Waals surface area contributed by atoms with Crippen LogP contribution in [-0.2, 0) is 32.4 Å². The van der Waals surface area contributed by atoms with Crippen LogP contribution >= 0.6 is 7.82 Å². The Balaban J connectivity index is 1.23. The fourth-order valence-corrected chi connectivity index (χ4v) is 5.70. The Labute approximate surface area is 178 Å². The maximum atomic E-state index is 13.0. The summed E-state index contributed by atoms with van der Waals surface area (Å²) in [6.07, 6.45) is 2.78. The quantitative estimate of drug-likeness (QED) is 0.479. The SMILES string of the molecule is CCOC(=O)C(C)CCOP1(=O)OC[C@@H]2O[C@H]3C(C3n3cnc4c(N)nncc43)[C@H]2O1. The second-order valence-corrected chi connectivity index (χ2v) is 9.53. The molecule has 2 aromatic rings. The van der Waals surface area contributed by atoms with Gasteiger partial charge in [-0.15, -0.1) is 5.10 Å². The second-order valence-electron chi connectivity index (χ2n) is 7.91. The average molecular weight is 453 g/mol. The molecule has 0 bridgehead atoms. The Kier molecular flexibility index (Phi) is 5.22. The smallest absolute Gasteiger partial charge is 0.466 e. The molecule has 1 saturated carbocycles. The highest BCUT2D eigenvalue weighted by molar-refractivity contribution is 7.48. The van der Waals surface area contributed by atoms with E-state index >= 15 is 0 Å². The summed E-state index contributed by atoms with van der Waals surface area (Å²) in [6, 6.07) is -0.0368. The zero-order valence-electron chi connectivity index (χ0n) is 17.1. The molecule has 2 aromatic heterocycles. The highest BCUT2D eigenvalue weighted by Gasteiger charge is 2.68. The summed E-state index contributed by atoms with van der Waals surface area (Å²) >= 11 is 0. The number of phosphoric ester groups is 1. The van der Waals surface area contributed by atoms with Crippen LogP contribution in [0.4, 0.5) is 5.82 Å². The van der Waals surface area contributed by atoms with E-state index in [1.165, 1.54) is 0 Å². The topological polar surface area (TPSA) is 150 Å². The van der Waals surface area contributed by atoms with Crippen LogP contribution in [0.15, 0.2) is 12.5 Å². The molecular formula is C18H24N5O7P. The molecule has 13 heteroatoms. The lowest BCUT2D eigenvalue weighted by atomic mass is 10.1. The molecule has 0 spiro atoms. The predicted octanol–water partition coefficient (Wildman–Crippen LogP) is 1.48. The van der Waals surface area contributed by atoms with Gasteiger partial charge in [0.05, 0.1) is 55.9 Å². The van der Waals surface area contributed by atoms with Crippen molar-refractivity contribution in [2.45, 2.75) is 44.6 Å². The maximum Gasteiger partial charge on any atom is 0.475 e. The van der Waals surface area contributed by atoms with E-state index in [1.807, 2.05) is 4.57 Å². The van der Waals surface area contributed by atoms with Gasteiger partial charge in [-0.25, -0.2) is 9.55 Å². The van der Waals surface area contributed by atoms with Crippen molar-refractivity contribution in [1.29, 1.82) is 0 Å². The Morgan fingerprint density at radius 1 is 1.45 bits per heavy atom. The molecule has 4 heterocycles. The van der Waals surface area contributed by atoms with E-state index < -0.39 is 13.9 Å². The molecule has 5 rings (SSSR count). The van der Waals surface area contributed by atoms with Crippen molar-refractivity contribution in [2.75, 3.05) is 25.6 Å². The number of carbonyl (C=O) groups is 1. The summed E-state index contributed by atoms with van der Waals surface area (Å²) in [5.41, 5.74) is 7.18. The number of esters is 1. The van der Waals surface area contributed by atoms with E-state index in [0.717, 1.165) is 5.52 Å². The van der Waals surface area contributed by atoms with Crippen LogP contribution in [0.25, 0.3) is 11.0 Å². The first-order valence-corrected chi connectivity index (χ1v) is 11.7. The van der Waals surface area contributed by atoms with Crippen molar-refractivity contribution in [3.63, 3.8) is 0 Å². The van der Waals surface area contributed by atoms with E-state index in [9.17, 15) is 9.36 Å². The third-order valence-electron chi connectivity index (χ3n) is 5.93. The number of aromatic nitrogens is 4. The van der Waals surface area contributed by atoms with Crippen LogP contribution < -0.4 is 5.73 Å². The molecule has 3 aliphatic rings. The summed E-state index contributed by atoms with van der Waals surface area (Å²) in [6.45, 7) is 3.96. The van der Waals surface area contributed by atoms with Crippen LogP contribution in [0, 0.1) is 11.8 Å². The lowest BCUT2D eigenvalue weighted by Gasteiger charge is -2.32. The number of nitrogens with zero attached hydrogens (tertiary/aromatic N) is 4. The number of rotatable bonds is 7. The molecular weight excluding hydrogens is 429 g/mol. The molecule has 0 aromatic carbocycles. The summed E-state index contributed by atoms with van der Waals surface area (Å²) < 4.78 is 42.5. The molecule has 0 amide bonds. The molecule has 1 aliphatic carbocycles. The zero-order valence-corrected chi connectivity index (χ0v) is 18.0. The van der Waals surface area contributed by atoms with Crippen LogP contribution in [0.1, 0.15) is 26.3 Å². The van der Waals surface area contributed by atoms with Gasteiger partial charge in [0.15, 0.2) is 5.82 Å². The van der Waals surface area contributed by atoms with E-state index in [1.54, 1.807) is 26.4 Å². The lowest BCUT2D eigenvalue weighted by molar-refractivity contribution is -0.148. The number of imidazole rings is 1. The standard InChI is InChI=1S/C18H24N5O7P/c1-3-26-18(24)9(2)4-5-27-31(25)28-7-11-15(30-31)12-14(16(12)29-11)23-8-20-13-10(23)6-21-22-17(13)19/h6,8-9,11-12,14-16H,3-5,7H2,1-2H3,(H2,19,22)/t9?,11-,12?,14?,15-,16-,31?/m0/s1. The van der Waals surface area contributed by atoms with Gasteiger partial charge in [0.25, 0.3) is 0 Å². The number of anilines is 1. The minimum atomic E-state index is -3.75. The summed E-state index contributed by atoms with van der Waals surface area (Å²) in [5, 5.41) is 7.72. The van der Waals surface area contributed by atoms with E-state index in [4.69, 9.17) is 28.8 Å². The predicted molar refractivity (Wildman–Crippen MR) is 106 cm³/mol. The highest BCUT2D eigenvalue weighted by Crippen LogP contribution is 2.64. The number of nitrogen functional groups attached to an aromatic ring is 1. The van der Waals surface area contributed by atoms with Crippen LogP contribution in [0.5, 0.6) is 0 Å². The van der Waals surface area contributed by atoms with Gasteiger partial charge in [-0.3, -0.25) is 18.4 Å². The lowest BCUT2D eigenvalue weighted by Crippen LogP contribution is -2.38. The van der Waals surface area contributed by atoms with Crippen molar-refractivity contribution < 1.29 is 32.4 Å².